The lowest BCUT2D eigenvalue weighted by Gasteiger charge is -2.46. The molecule has 0 saturated carbocycles. The maximum atomic E-state index is 2.70. The Morgan fingerprint density at radius 2 is 0.421 bits per heavy atom. The van der Waals surface area contributed by atoms with Crippen LogP contribution >= 0.6 is 0 Å². The second kappa shape index (κ2) is 26.8. The molecule has 0 aliphatic carbocycles. The van der Waals surface area contributed by atoms with Gasteiger partial charge < -0.3 is 9.80 Å². The lowest BCUT2D eigenvalue weighted by atomic mass is 9.33. The summed E-state index contributed by atoms with van der Waals surface area (Å²) in [6.07, 6.45) is 0. The van der Waals surface area contributed by atoms with E-state index in [1.165, 1.54) is 65.8 Å². The van der Waals surface area contributed by atoms with E-state index < -0.39 is 0 Å². The molecule has 3 heteroatoms. The first kappa shape index (κ1) is 62.9. The molecule has 2 aliphatic heterocycles. The minimum atomic E-state index is -0.294. The van der Waals surface area contributed by atoms with Gasteiger partial charge in [0.2, 0.25) is 0 Å². The van der Waals surface area contributed by atoms with Gasteiger partial charge in [-0.25, -0.2) is 0 Å². The Morgan fingerprint density at radius 3 is 0.748 bits per heavy atom. The summed E-state index contributed by atoms with van der Waals surface area (Å²) in [6.45, 7) is -0.294. The molecule has 20 rings (SSSR count). The number of fused-ring (bicyclic) bond motifs is 6. The highest BCUT2D eigenvalue weighted by molar-refractivity contribution is 7.00. The first-order valence-corrected chi connectivity index (χ1v) is 37.1. The number of hydrogen-bond acceptors (Lipinski definition) is 2. The Morgan fingerprint density at radius 1 is 0.159 bits per heavy atom. The molecule has 107 heavy (non-hydrogen) atoms. The van der Waals surface area contributed by atoms with E-state index in [-0.39, 0.29) is 6.71 Å². The molecule has 18 aromatic carbocycles. The fourth-order valence-corrected chi connectivity index (χ4v) is 17.2. The first-order valence-electron chi connectivity index (χ1n) is 37.1. The van der Waals surface area contributed by atoms with Crippen LogP contribution in [-0.4, -0.2) is 6.71 Å². The zero-order chi connectivity index (χ0) is 70.7. The average Bonchev–Trinajstić information content (AvgIpc) is 0.684. The lowest BCUT2D eigenvalue weighted by molar-refractivity contribution is 1.25. The van der Waals surface area contributed by atoms with Crippen LogP contribution in [0.25, 0.3) is 144 Å². The van der Waals surface area contributed by atoms with Crippen LogP contribution in [0.1, 0.15) is 0 Å². The van der Waals surface area contributed by atoms with Gasteiger partial charge >= 0.3 is 0 Å². The maximum absolute atomic E-state index is 2.70. The van der Waals surface area contributed by atoms with Gasteiger partial charge in [-0.2, -0.15) is 0 Å². The molecule has 0 radical (unpaired) electrons. The number of benzene rings is 18. The molecule has 0 saturated heterocycles. The smallest absolute Gasteiger partial charge is 0.252 e. The molecule has 2 nitrogen and oxygen atoms in total. The van der Waals surface area contributed by atoms with Crippen LogP contribution in [0.5, 0.6) is 0 Å². The first-order chi connectivity index (χ1) is 53.1. The van der Waals surface area contributed by atoms with Crippen LogP contribution < -0.4 is 26.2 Å². The molecule has 0 N–H and O–H groups in total. The van der Waals surface area contributed by atoms with Crippen LogP contribution in [0.3, 0.4) is 0 Å². The van der Waals surface area contributed by atoms with E-state index in [0.29, 0.717) is 0 Å². The van der Waals surface area contributed by atoms with Crippen molar-refractivity contribution < 1.29 is 0 Å². The number of rotatable bonds is 13. The molecule has 0 unspecified atom stereocenters. The van der Waals surface area contributed by atoms with Gasteiger partial charge in [0.25, 0.3) is 6.71 Å². The van der Waals surface area contributed by atoms with Crippen molar-refractivity contribution in [1.82, 2.24) is 0 Å². The maximum Gasteiger partial charge on any atom is 0.252 e. The molecule has 0 atom stereocenters. The zero-order valence-corrected chi connectivity index (χ0v) is 58.8. The highest BCUT2D eigenvalue weighted by atomic mass is 15.2. The summed E-state index contributed by atoms with van der Waals surface area (Å²) >= 11 is 0. The molecule has 498 valence electrons. The quantitative estimate of drug-likeness (QED) is 0.0838. The average molecular weight is 1360 g/mol. The van der Waals surface area contributed by atoms with Crippen LogP contribution in [0.4, 0.5) is 34.1 Å². The second-order valence-corrected chi connectivity index (χ2v) is 28.1. The third-order valence-electron chi connectivity index (χ3n) is 22.0. The molecular formula is C104H69BN2. The number of anilines is 6. The molecule has 0 spiro atoms. The van der Waals surface area contributed by atoms with E-state index in [9.17, 15) is 0 Å². The summed E-state index contributed by atoms with van der Waals surface area (Å²) in [6, 6.07) is 156. The molecule has 18 aromatic rings. The lowest BCUT2D eigenvalue weighted by Crippen LogP contribution is -2.61. The van der Waals surface area contributed by atoms with E-state index in [1.54, 1.807) is 0 Å². The molecule has 0 bridgehead atoms. The summed E-state index contributed by atoms with van der Waals surface area (Å²) in [4.78, 5) is 5.41. The van der Waals surface area contributed by atoms with Crippen molar-refractivity contribution in [2.45, 2.75) is 0 Å². The summed E-state index contributed by atoms with van der Waals surface area (Å²) in [7, 11) is 0. The van der Waals surface area contributed by atoms with Crippen molar-refractivity contribution in [2.24, 2.45) is 0 Å². The van der Waals surface area contributed by atoms with Crippen molar-refractivity contribution in [3.05, 3.63) is 419 Å². The predicted molar refractivity (Wildman–Crippen MR) is 455 cm³/mol. The summed E-state index contributed by atoms with van der Waals surface area (Å²) in [5.74, 6) is 0. The van der Waals surface area contributed by atoms with Crippen LogP contribution in [0, 0.1) is 0 Å². The second-order valence-electron chi connectivity index (χ2n) is 28.1. The Labute approximate surface area is 625 Å². The van der Waals surface area contributed by atoms with Crippen LogP contribution in [0.15, 0.2) is 419 Å². The van der Waals surface area contributed by atoms with Crippen LogP contribution in [0.2, 0.25) is 0 Å². The molecule has 2 heterocycles. The highest BCUT2D eigenvalue weighted by Gasteiger charge is 2.46. The fraction of sp³-hybridized carbons (Fsp3) is 0. The third-order valence-corrected chi connectivity index (χ3v) is 22.0. The molecule has 0 amide bonds. The standard InChI is InChI=1S/C104H69BN2/c1-10-34-70(35-11-1)79-58-60-96-94(66-79)105-95-67-80(71-36-12-2-13-37-71)59-61-97(95)107(104-92(77-48-24-8-25-49-77)64-82(73-40-16-4-17-41-73)65-93(104)78-50-26-9-27-51-78)99-69-83(100-86-54-30-32-56-88(86)101(89-57-33-31-55-87(89)100)85-53-29-28-52-84(85)74-42-18-5-19-43-74)68-98(102(99)105)106(96)103-90(75-44-20-6-21-45-75)62-81(72-38-14-3-15-39-72)63-91(103)76-46-22-7-23-47-76/h1-69H. The Kier molecular flexibility index (Phi) is 15.7. The van der Waals surface area contributed by atoms with E-state index >= 15 is 0 Å². The zero-order valence-electron chi connectivity index (χ0n) is 58.8. The van der Waals surface area contributed by atoms with E-state index in [1.807, 2.05) is 0 Å². The number of nitrogens with zero attached hydrogens (tertiary/aromatic N) is 2. The van der Waals surface area contributed by atoms with E-state index in [2.05, 4.69) is 428 Å². The van der Waals surface area contributed by atoms with Crippen molar-refractivity contribution in [2.75, 3.05) is 9.80 Å². The van der Waals surface area contributed by atoms with Crippen molar-refractivity contribution >= 4 is 78.8 Å². The van der Waals surface area contributed by atoms with Gasteiger partial charge in [-0.05, 0) is 187 Å². The molecule has 0 fully saturated rings. The fourth-order valence-electron chi connectivity index (χ4n) is 17.2. The monoisotopic (exact) mass is 1360 g/mol. The Hall–Kier alpha value is -13.9. The normalized spacial score (nSPS) is 12.1. The van der Waals surface area contributed by atoms with Gasteiger partial charge in [-0.1, -0.05) is 370 Å². The molecular weight excluding hydrogens is 1290 g/mol. The largest absolute Gasteiger partial charge is 0.310 e. The van der Waals surface area contributed by atoms with Crippen LogP contribution in [-0.2, 0) is 0 Å². The van der Waals surface area contributed by atoms with E-state index in [0.717, 1.165) is 129 Å². The summed E-state index contributed by atoms with van der Waals surface area (Å²) < 4.78 is 0. The van der Waals surface area contributed by atoms with Gasteiger partial charge in [0.05, 0.1) is 11.4 Å². The predicted octanol–water partition coefficient (Wildman–Crippen LogP) is 26.4. The SMILES string of the molecule is c1ccc(-c2ccc3c(c2)B2c4cc(-c5ccccc5)ccc4N(c4c(-c5ccccc5)cc(-c5ccccc5)cc4-c4ccccc4)c4cc(-c5c6ccccc6c(-c6ccccc6-c6ccccc6)c6ccccc56)cc(c42)N3c2c(-c3ccccc3)cc(-c3ccccc3)cc2-c2ccccc2)cc1. The van der Waals surface area contributed by atoms with Gasteiger partial charge in [0, 0.05) is 45.0 Å². The minimum Gasteiger partial charge on any atom is -0.310 e. The van der Waals surface area contributed by atoms with E-state index in [4.69, 9.17) is 0 Å². The summed E-state index contributed by atoms with van der Waals surface area (Å²) in [5.41, 5.74) is 35.4. The van der Waals surface area contributed by atoms with Crippen molar-refractivity contribution in [1.29, 1.82) is 0 Å². The number of hydrogen-bond donors (Lipinski definition) is 0. The third kappa shape index (κ3) is 11.0. The molecule has 2 aliphatic rings. The van der Waals surface area contributed by atoms with Gasteiger partial charge in [-0.15, -0.1) is 0 Å². The van der Waals surface area contributed by atoms with Crippen molar-refractivity contribution in [3.8, 4) is 122 Å². The Balaban J connectivity index is 0.995. The molecule has 0 aromatic heterocycles. The van der Waals surface area contributed by atoms with Gasteiger partial charge in [0.15, 0.2) is 0 Å². The highest BCUT2D eigenvalue weighted by Crippen LogP contribution is 2.57. The summed E-state index contributed by atoms with van der Waals surface area (Å²) in [5, 5.41) is 4.71. The Bertz CT molecular complexity index is 5930. The van der Waals surface area contributed by atoms with Crippen molar-refractivity contribution in [3.63, 3.8) is 0 Å². The topological polar surface area (TPSA) is 6.48 Å². The van der Waals surface area contributed by atoms with Gasteiger partial charge in [0.1, 0.15) is 0 Å². The minimum absolute atomic E-state index is 0.294. The van der Waals surface area contributed by atoms with Gasteiger partial charge in [-0.3, -0.25) is 0 Å².